The van der Waals surface area contributed by atoms with Crippen molar-refractivity contribution in [1.82, 2.24) is 15.5 Å². The second-order valence-corrected chi connectivity index (χ2v) is 6.24. The Morgan fingerprint density at radius 3 is 2.36 bits per heavy atom. The summed E-state index contributed by atoms with van der Waals surface area (Å²) in [6.07, 6.45) is 0.384. The molecule has 1 aromatic carbocycles. The molecule has 0 saturated carbocycles. The van der Waals surface area contributed by atoms with E-state index < -0.39 is 0 Å². The summed E-state index contributed by atoms with van der Waals surface area (Å²) in [4.78, 5) is 17.8. The van der Waals surface area contributed by atoms with Crippen molar-refractivity contribution in [3.63, 3.8) is 0 Å². The lowest BCUT2D eigenvalue weighted by atomic mass is 10.1. The number of ether oxygens (including phenoxy) is 2. The molecule has 0 fully saturated rings. The molecule has 0 heterocycles. The summed E-state index contributed by atoms with van der Waals surface area (Å²) in [7, 11) is 3.50. The fourth-order valence-corrected chi connectivity index (χ4v) is 2.43. The Balaban J connectivity index is 0.00000729. The Kier molecular flexibility index (Phi) is 13.4. The van der Waals surface area contributed by atoms with Crippen molar-refractivity contribution in [1.29, 1.82) is 0 Å². The minimum Gasteiger partial charge on any atom is -0.490 e. The van der Waals surface area contributed by atoms with Crippen LogP contribution in [0, 0.1) is 0 Å². The fraction of sp³-hybridized carbons (Fsp3) is 0.600. The molecule has 1 rings (SSSR count). The van der Waals surface area contributed by atoms with Gasteiger partial charge in [0.05, 0.1) is 25.8 Å². The third-order valence-electron chi connectivity index (χ3n) is 3.86. The maximum atomic E-state index is 11.7. The highest BCUT2D eigenvalue weighted by Gasteiger charge is 2.12. The van der Waals surface area contributed by atoms with Crippen molar-refractivity contribution in [3.8, 4) is 11.5 Å². The van der Waals surface area contributed by atoms with Crippen LogP contribution in [0.25, 0.3) is 0 Å². The van der Waals surface area contributed by atoms with E-state index in [2.05, 4.69) is 22.5 Å². The lowest BCUT2D eigenvalue weighted by Crippen LogP contribution is -2.39. The first-order chi connectivity index (χ1) is 12.9. The molecule has 0 aliphatic heterocycles. The molecule has 0 aliphatic carbocycles. The number of nitrogens with one attached hydrogen (secondary N) is 2. The number of halogens is 1. The number of amides is 1. The third-order valence-corrected chi connectivity index (χ3v) is 3.86. The molecule has 0 bridgehead atoms. The standard InChI is InChI=1S/C20H34N4O3.HI/c1-7-21-20(22-13-12-19(25)24(5)6)23-15(4)16-10-11-17(26-8-2)18(14-16)27-9-3;/h10-11,14-15H,7-9,12-13H2,1-6H3,(H2,21,22,23);1H. The first kappa shape index (κ1) is 26.3. The van der Waals surface area contributed by atoms with Crippen LogP contribution in [0.3, 0.4) is 0 Å². The minimum absolute atomic E-state index is 0. The van der Waals surface area contributed by atoms with Gasteiger partial charge >= 0.3 is 0 Å². The van der Waals surface area contributed by atoms with Gasteiger partial charge in [-0.1, -0.05) is 6.07 Å². The number of carbonyl (C=O) groups excluding carboxylic acids is 1. The van der Waals surface area contributed by atoms with Crippen molar-refractivity contribution in [3.05, 3.63) is 23.8 Å². The van der Waals surface area contributed by atoms with Crippen molar-refractivity contribution < 1.29 is 14.3 Å². The number of hydrogen-bond acceptors (Lipinski definition) is 4. The quantitative estimate of drug-likeness (QED) is 0.290. The number of nitrogens with zero attached hydrogens (tertiary/aromatic N) is 2. The van der Waals surface area contributed by atoms with E-state index in [4.69, 9.17) is 9.47 Å². The fourth-order valence-electron chi connectivity index (χ4n) is 2.43. The predicted octanol–water partition coefficient (Wildman–Crippen LogP) is 3.20. The Morgan fingerprint density at radius 1 is 1.14 bits per heavy atom. The van der Waals surface area contributed by atoms with Gasteiger partial charge in [-0.25, -0.2) is 0 Å². The molecule has 0 spiro atoms. The van der Waals surface area contributed by atoms with Crippen LogP contribution in [-0.2, 0) is 4.79 Å². The highest BCUT2D eigenvalue weighted by atomic mass is 127. The van der Waals surface area contributed by atoms with Crippen LogP contribution in [0.15, 0.2) is 23.2 Å². The number of rotatable bonds is 10. The average molecular weight is 506 g/mol. The maximum Gasteiger partial charge on any atom is 0.223 e. The van der Waals surface area contributed by atoms with Gasteiger partial charge in [0.1, 0.15) is 0 Å². The molecule has 2 N–H and O–H groups in total. The summed E-state index contributed by atoms with van der Waals surface area (Å²) in [6, 6.07) is 5.96. The van der Waals surface area contributed by atoms with Crippen LogP contribution in [-0.4, -0.2) is 57.2 Å². The molecule has 1 atom stereocenters. The molecule has 0 aliphatic rings. The zero-order chi connectivity index (χ0) is 20.2. The van der Waals surface area contributed by atoms with Gasteiger partial charge in [0, 0.05) is 27.1 Å². The summed E-state index contributed by atoms with van der Waals surface area (Å²) < 4.78 is 11.3. The minimum atomic E-state index is 0. The molecule has 0 saturated heterocycles. The molecule has 0 aromatic heterocycles. The normalized spacial score (nSPS) is 11.9. The van der Waals surface area contributed by atoms with Crippen LogP contribution >= 0.6 is 24.0 Å². The molecule has 160 valence electrons. The Morgan fingerprint density at radius 2 is 1.79 bits per heavy atom. The van der Waals surface area contributed by atoms with E-state index >= 15 is 0 Å². The predicted molar refractivity (Wildman–Crippen MR) is 125 cm³/mol. The van der Waals surface area contributed by atoms with Gasteiger partial charge in [-0.15, -0.1) is 24.0 Å². The smallest absolute Gasteiger partial charge is 0.223 e. The molecule has 7 nitrogen and oxygen atoms in total. The number of guanidine groups is 1. The van der Waals surface area contributed by atoms with Gasteiger partial charge in [0.25, 0.3) is 0 Å². The van der Waals surface area contributed by atoms with E-state index in [0.29, 0.717) is 32.1 Å². The molecule has 28 heavy (non-hydrogen) atoms. The summed E-state index contributed by atoms with van der Waals surface area (Å²) in [5, 5.41) is 6.59. The Labute approximate surface area is 186 Å². The monoisotopic (exact) mass is 506 g/mol. The summed E-state index contributed by atoms with van der Waals surface area (Å²) >= 11 is 0. The maximum absolute atomic E-state index is 11.7. The van der Waals surface area contributed by atoms with Crippen molar-refractivity contribution >= 4 is 35.8 Å². The van der Waals surface area contributed by atoms with Crippen molar-refractivity contribution in [2.24, 2.45) is 4.99 Å². The molecule has 0 radical (unpaired) electrons. The summed E-state index contributed by atoms with van der Waals surface area (Å²) in [6.45, 7) is 10.3. The lowest BCUT2D eigenvalue weighted by molar-refractivity contribution is -0.128. The lowest BCUT2D eigenvalue weighted by Gasteiger charge is -2.20. The first-order valence-electron chi connectivity index (χ1n) is 9.57. The average Bonchev–Trinajstić information content (AvgIpc) is 2.63. The van der Waals surface area contributed by atoms with Crippen LogP contribution in [0.4, 0.5) is 0 Å². The Hall–Kier alpha value is -1.71. The van der Waals surface area contributed by atoms with E-state index in [0.717, 1.165) is 23.6 Å². The van der Waals surface area contributed by atoms with Gasteiger partial charge in [-0.3, -0.25) is 9.79 Å². The number of aliphatic imine (C=N–C) groups is 1. The van der Waals surface area contributed by atoms with Crippen LogP contribution in [0.5, 0.6) is 11.5 Å². The van der Waals surface area contributed by atoms with E-state index in [1.807, 2.05) is 39.0 Å². The first-order valence-corrected chi connectivity index (χ1v) is 9.57. The van der Waals surface area contributed by atoms with Gasteiger partial charge in [-0.2, -0.15) is 0 Å². The van der Waals surface area contributed by atoms with Gasteiger partial charge < -0.3 is 25.0 Å². The third kappa shape index (κ3) is 8.99. The second-order valence-electron chi connectivity index (χ2n) is 6.24. The van der Waals surface area contributed by atoms with Crippen molar-refractivity contribution in [2.45, 2.75) is 40.2 Å². The van der Waals surface area contributed by atoms with E-state index in [1.165, 1.54) is 0 Å². The van der Waals surface area contributed by atoms with Crippen molar-refractivity contribution in [2.75, 3.05) is 40.4 Å². The van der Waals surface area contributed by atoms with Gasteiger partial charge in [0.15, 0.2) is 17.5 Å². The number of carbonyl (C=O) groups is 1. The molecule has 1 amide bonds. The molecule has 1 unspecified atom stereocenters. The number of hydrogen-bond donors (Lipinski definition) is 2. The number of benzene rings is 1. The zero-order valence-corrected chi connectivity index (χ0v) is 20.2. The van der Waals surface area contributed by atoms with Crippen LogP contribution in [0.2, 0.25) is 0 Å². The SMILES string of the molecule is CCNC(=NCCC(=O)N(C)C)NC(C)c1ccc(OCC)c(OCC)c1.I. The van der Waals surface area contributed by atoms with Crippen LogP contribution in [0.1, 0.15) is 45.7 Å². The highest BCUT2D eigenvalue weighted by molar-refractivity contribution is 14.0. The topological polar surface area (TPSA) is 75.2 Å². The second kappa shape index (κ2) is 14.3. The van der Waals surface area contributed by atoms with E-state index in [9.17, 15) is 4.79 Å². The summed E-state index contributed by atoms with van der Waals surface area (Å²) in [5.41, 5.74) is 1.07. The highest BCUT2D eigenvalue weighted by Crippen LogP contribution is 2.30. The molecule has 8 heteroatoms. The van der Waals surface area contributed by atoms with E-state index in [-0.39, 0.29) is 35.9 Å². The van der Waals surface area contributed by atoms with Gasteiger partial charge in [-0.05, 0) is 45.4 Å². The summed E-state index contributed by atoms with van der Waals surface area (Å²) in [5.74, 6) is 2.24. The van der Waals surface area contributed by atoms with E-state index in [1.54, 1.807) is 19.0 Å². The Bertz CT molecular complexity index is 623. The van der Waals surface area contributed by atoms with Gasteiger partial charge in [0.2, 0.25) is 5.91 Å². The van der Waals surface area contributed by atoms with Crippen LogP contribution < -0.4 is 20.1 Å². The largest absolute Gasteiger partial charge is 0.490 e. The molecular weight excluding hydrogens is 471 g/mol. The molecule has 1 aromatic rings. The molecular formula is C20H35IN4O3. The zero-order valence-electron chi connectivity index (χ0n) is 17.9.